The summed E-state index contributed by atoms with van der Waals surface area (Å²) < 4.78 is 0. The van der Waals surface area contributed by atoms with Crippen LogP contribution in [0.25, 0.3) is 10.8 Å². The summed E-state index contributed by atoms with van der Waals surface area (Å²) in [7, 11) is 0. The van der Waals surface area contributed by atoms with Crippen molar-refractivity contribution < 1.29 is 24.3 Å². The SMILES string of the molecule is CC1(C)C[C@@H](C[C@@H](C#N)NC(=O)[C@H](CC2CC2)NC(=O)[C@H](Cc2cccc3ccccc23)NC(=O)O)C(=O)N1. The van der Waals surface area contributed by atoms with Gasteiger partial charge in [0.1, 0.15) is 18.1 Å². The number of carboxylic acid groups (broad SMARTS) is 1. The number of fused-ring (bicyclic) bond motifs is 1. The van der Waals surface area contributed by atoms with Gasteiger partial charge in [-0.15, -0.1) is 0 Å². The molecule has 10 nitrogen and oxygen atoms in total. The first-order valence-electron chi connectivity index (χ1n) is 13.3. The first-order valence-corrected chi connectivity index (χ1v) is 13.3. The van der Waals surface area contributed by atoms with Crippen LogP contribution in [0.3, 0.4) is 0 Å². The standard InChI is InChI=1S/C29H35N5O5/c1-29(2)15-20(25(35)34-29)13-21(16-30)31-26(36)23(12-17-10-11-17)32-27(37)24(33-28(38)39)14-19-8-5-7-18-6-3-4-9-22(18)19/h3-9,17,20-21,23-24,33H,10-15H2,1-2H3,(H,31,36)(H,32,37)(H,34,35)(H,38,39)/t20-,21+,23+,24+/m1/s1. The van der Waals surface area contributed by atoms with Gasteiger partial charge >= 0.3 is 6.09 Å². The molecular formula is C29H35N5O5. The van der Waals surface area contributed by atoms with Gasteiger partial charge in [-0.2, -0.15) is 5.26 Å². The number of rotatable bonds is 11. The fraction of sp³-hybridized carbons (Fsp3) is 0.483. The second kappa shape index (κ2) is 11.7. The van der Waals surface area contributed by atoms with Crippen molar-refractivity contribution in [2.75, 3.05) is 0 Å². The summed E-state index contributed by atoms with van der Waals surface area (Å²) in [6.07, 6.45) is 1.74. The van der Waals surface area contributed by atoms with Crippen molar-refractivity contribution in [3.05, 3.63) is 48.0 Å². The molecule has 0 aromatic heterocycles. The Balaban J connectivity index is 1.46. The van der Waals surface area contributed by atoms with Crippen LogP contribution in [-0.2, 0) is 20.8 Å². The van der Waals surface area contributed by atoms with Gasteiger partial charge in [0.25, 0.3) is 0 Å². The summed E-state index contributed by atoms with van der Waals surface area (Å²) >= 11 is 0. The second-order valence-corrected chi connectivity index (χ2v) is 11.3. The maximum Gasteiger partial charge on any atom is 0.405 e. The molecule has 2 aromatic rings. The van der Waals surface area contributed by atoms with Crippen LogP contribution in [0.1, 0.15) is 51.5 Å². The molecule has 1 aliphatic carbocycles. The van der Waals surface area contributed by atoms with E-state index in [9.17, 15) is 29.5 Å². The van der Waals surface area contributed by atoms with E-state index >= 15 is 0 Å². The predicted molar refractivity (Wildman–Crippen MR) is 144 cm³/mol. The van der Waals surface area contributed by atoms with Crippen molar-refractivity contribution in [1.29, 1.82) is 5.26 Å². The minimum Gasteiger partial charge on any atom is -0.465 e. The lowest BCUT2D eigenvalue weighted by Gasteiger charge is -2.24. The smallest absolute Gasteiger partial charge is 0.405 e. The number of hydrogen-bond donors (Lipinski definition) is 5. The quantitative estimate of drug-likeness (QED) is 0.298. The molecule has 4 rings (SSSR count). The molecular weight excluding hydrogens is 498 g/mol. The number of nitrogens with one attached hydrogen (secondary N) is 4. The molecule has 1 heterocycles. The van der Waals surface area contributed by atoms with Crippen LogP contribution in [-0.4, -0.2) is 52.6 Å². The third-order valence-electron chi connectivity index (χ3n) is 7.40. The second-order valence-electron chi connectivity index (χ2n) is 11.3. The Hall–Kier alpha value is -4.13. The summed E-state index contributed by atoms with van der Waals surface area (Å²) in [5.74, 6) is -1.40. The molecule has 0 unspecified atom stereocenters. The topological polar surface area (TPSA) is 160 Å². The van der Waals surface area contributed by atoms with Crippen molar-refractivity contribution in [3.8, 4) is 6.07 Å². The molecule has 1 saturated heterocycles. The highest BCUT2D eigenvalue weighted by Gasteiger charge is 2.39. The Bertz CT molecular complexity index is 1290. The summed E-state index contributed by atoms with van der Waals surface area (Å²) in [6, 6.07) is 12.4. The minimum atomic E-state index is -1.35. The molecule has 2 aliphatic rings. The van der Waals surface area contributed by atoms with Gasteiger partial charge in [0.15, 0.2) is 0 Å². The van der Waals surface area contributed by atoms with E-state index in [-0.39, 0.29) is 30.2 Å². The maximum absolute atomic E-state index is 13.3. The monoisotopic (exact) mass is 533 g/mol. The fourth-order valence-corrected chi connectivity index (χ4v) is 5.33. The number of hydrogen-bond acceptors (Lipinski definition) is 5. The minimum absolute atomic E-state index is 0.102. The van der Waals surface area contributed by atoms with Gasteiger partial charge in [-0.3, -0.25) is 14.4 Å². The Morgan fingerprint density at radius 3 is 2.36 bits per heavy atom. The van der Waals surface area contributed by atoms with Gasteiger partial charge in [0.05, 0.1) is 6.07 Å². The first-order chi connectivity index (χ1) is 18.5. The molecule has 0 spiro atoms. The van der Waals surface area contributed by atoms with E-state index in [1.54, 1.807) is 0 Å². The molecule has 10 heteroatoms. The largest absolute Gasteiger partial charge is 0.465 e. The van der Waals surface area contributed by atoms with E-state index in [0.717, 1.165) is 29.2 Å². The third kappa shape index (κ3) is 7.47. The van der Waals surface area contributed by atoms with Crippen LogP contribution >= 0.6 is 0 Å². The predicted octanol–water partition coefficient (Wildman–Crippen LogP) is 2.62. The van der Waals surface area contributed by atoms with Gasteiger partial charge in [0, 0.05) is 17.9 Å². The number of benzene rings is 2. The average Bonchev–Trinajstić information content (AvgIpc) is 3.66. The van der Waals surface area contributed by atoms with Crippen LogP contribution < -0.4 is 21.3 Å². The van der Waals surface area contributed by atoms with Crippen molar-refractivity contribution in [1.82, 2.24) is 21.3 Å². The first kappa shape index (κ1) is 27.9. The van der Waals surface area contributed by atoms with Crippen LogP contribution in [0.4, 0.5) is 4.79 Å². The van der Waals surface area contributed by atoms with Crippen molar-refractivity contribution in [2.24, 2.45) is 11.8 Å². The van der Waals surface area contributed by atoms with Gasteiger partial charge in [-0.1, -0.05) is 55.3 Å². The molecule has 4 atom stereocenters. The Morgan fingerprint density at radius 2 is 1.72 bits per heavy atom. The number of carbonyl (C=O) groups is 4. The van der Waals surface area contributed by atoms with Gasteiger partial charge in [-0.05, 0) is 55.4 Å². The molecule has 5 N–H and O–H groups in total. The molecule has 4 amide bonds. The zero-order valence-electron chi connectivity index (χ0n) is 22.2. The zero-order valence-corrected chi connectivity index (χ0v) is 22.2. The lowest BCUT2D eigenvalue weighted by atomic mass is 9.92. The molecule has 0 radical (unpaired) electrons. The van der Waals surface area contributed by atoms with Crippen molar-refractivity contribution in [3.63, 3.8) is 0 Å². The van der Waals surface area contributed by atoms with Gasteiger partial charge in [-0.25, -0.2) is 4.79 Å². The van der Waals surface area contributed by atoms with E-state index in [0.29, 0.717) is 12.8 Å². The molecule has 1 aliphatic heterocycles. The molecule has 1 saturated carbocycles. The molecule has 39 heavy (non-hydrogen) atoms. The number of carbonyl (C=O) groups excluding carboxylic acids is 3. The van der Waals surface area contributed by atoms with Crippen LogP contribution in [0.2, 0.25) is 0 Å². The summed E-state index contributed by atoms with van der Waals surface area (Å²) in [5, 5.41) is 31.6. The molecule has 2 fully saturated rings. The van der Waals surface area contributed by atoms with E-state index in [1.807, 2.05) is 56.3 Å². The molecule has 206 valence electrons. The lowest BCUT2D eigenvalue weighted by Crippen LogP contribution is -2.55. The summed E-state index contributed by atoms with van der Waals surface area (Å²) in [5.41, 5.74) is 0.428. The number of nitriles is 1. The van der Waals surface area contributed by atoms with Gasteiger partial charge < -0.3 is 26.4 Å². The Labute approximate surface area is 227 Å². The van der Waals surface area contributed by atoms with E-state index in [4.69, 9.17) is 0 Å². The summed E-state index contributed by atoms with van der Waals surface area (Å²) in [6.45, 7) is 3.82. The highest BCUT2D eigenvalue weighted by atomic mass is 16.4. The maximum atomic E-state index is 13.3. The summed E-state index contributed by atoms with van der Waals surface area (Å²) in [4.78, 5) is 50.5. The lowest BCUT2D eigenvalue weighted by molar-refractivity contribution is -0.130. The Morgan fingerprint density at radius 1 is 1.03 bits per heavy atom. The van der Waals surface area contributed by atoms with Gasteiger partial charge in [0.2, 0.25) is 17.7 Å². The van der Waals surface area contributed by atoms with Crippen LogP contribution in [0.5, 0.6) is 0 Å². The van der Waals surface area contributed by atoms with E-state index in [1.165, 1.54) is 0 Å². The van der Waals surface area contributed by atoms with Crippen LogP contribution in [0, 0.1) is 23.2 Å². The number of amides is 4. The zero-order chi connectivity index (χ0) is 28.2. The molecule has 0 bridgehead atoms. The van der Waals surface area contributed by atoms with E-state index < -0.39 is 42.0 Å². The Kier molecular flexibility index (Phi) is 8.38. The average molecular weight is 534 g/mol. The van der Waals surface area contributed by atoms with Crippen LogP contribution in [0.15, 0.2) is 42.5 Å². The van der Waals surface area contributed by atoms with Crippen molar-refractivity contribution in [2.45, 2.75) is 76.0 Å². The number of nitrogens with zero attached hydrogens (tertiary/aromatic N) is 1. The van der Waals surface area contributed by atoms with E-state index in [2.05, 4.69) is 27.3 Å². The highest BCUT2D eigenvalue weighted by Crippen LogP contribution is 2.34. The fourth-order valence-electron chi connectivity index (χ4n) is 5.33. The van der Waals surface area contributed by atoms with Crippen molar-refractivity contribution >= 4 is 34.6 Å². The molecule has 2 aromatic carbocycles. The highest BCUT2D eigenvalue weighted by molar-refractivity contribution is 5.92. The third-order valence-corrected chi connectivity index (χ3v) is 7.40. The normalized spacial score (nSPS) is 20.2.